The van der Waals surface area contributed by atoms with Gasteiger partial charge >= 0.3 is 0 Å². The van der Waals surface area contributed by atoms with Crippen molar-refractivity contribution in [3.05, 3.63) is 35.4 Å². The molecule has 2 unspecified atom stereocenters. The molecule has 0 bridgehead atoms. The Morgan fingerprint density at radius 2 is 2.20 bits per heavy atom. The monoisotopic (exact) mass is 205 g/mol. The van der Waals surface area contributed by atoms with E-state index in [0.717, 1.165) is 6.42 Å². The molecule has 82 valence electrons. The third kappa shape index (κ3) is 1.40. The molecule has 1 aliphatic rings. The van der Waals surface area contributed by atoms with Crippen LogP contribution in [0.2, 0.25) is 0 Å². The first kappa shape index (κ1) is 10.7. The van der Waals surface area contributed by atoms with E-state index >= 15 is 0 Å². The lowest BCUT2D eigenvalue weighted by Gasteiger charge is -2.20. The van der Waals surface area contributed by atoms with Gasteiger partial charge in [-0.15, -0.1) is 0 Å². The largest absolute Gasteiger partial charge is 0.396 e. The van der Waals surface area contributed by atoms with E-state index in [-0.39, 0.29) is 17.4 Å². The number of hydrogen-bond acceptors (Lipinski definition) is 2. The fourth-order valence-corrected chi connectivity index (χ4v) is 2.62. The summed E-state index contributed by atoms with van der Waals surface area (Å²) in [5, 5.41) is 9.44. The lowest BCUT2D eigenvalue weighted by molar-refractivity contribution is 0.198. The Morgan fingerprint density at radius 1 is 1.47 bits per heavy atom. The zero-order valence-corrected chi connectivity index (χ0v) is 9.46. The SMILES string of the molecule is Cc1cccc(C2(C)CC2(CN)CO)c1. The fraction of sp³-hybridized carbons (Fsp3) is 0.538. The van der Waals surface area contributed by atoms with E-state index in [0.29, 0.717) is 6.54 Å². The summed E-state index contributed by atoms with van der Waals surface area (Å²) in [4.78, 5) is 0. The van der Waals surface area contributed by atoms with Gasteiger partial charge in [-0.2, -0.15) is 0 Å². The van der Waals surface area contributed by atoms with Crippen molar-refractivity contribution in [2.75, 3.05) is 13.2 Å². The number of hydrogen-bond donors (Lipinski definition) is 2. The van der Waals surface area contributed by atoms with E-state index in [1.807, 2.05) is 0 Å². The molecule has 0 radical (unpaired) electrons. The Kier molecular flexibility index (Phi) is 2.36. The molecule has 0 spiro atoms. The molecule has 0 aliphatic heterocycles. The van der Waals surface area contributed by atoms with Crippen molar-refractivity contribution in [2.24, 2.45) is 11.1 Å². The van der Waals surface area contributed by atoms with Crippen LogP contribution in [-0.4, -0.2) is 18.3 Å². The number of benzene rings is 1. The molecular formula is C13H19NO. The maximum Gasteiger partial charge on any atom is 0.0508 e. The third-order valence-electron chi connectivity index (χ3n) is 4.09. The summed E-state index contributed by atoms with van der Waals surface area (Å²) in [6.45, 7) is 5.05. The molecule has 1 aliphatic carbocycles. The average Bonchev–Trinajstić information content (AvgIpc) is 2.87. The van der Waals surface area contributed by atoms with E-state index in [2.05, 4.69) is 38.1 Å². The summed E-state index contributed by atoms with van der Waals surface area (Å²) in [7, 11) is 0. The van der Waals surface area contributed by atoms with Gasteiger partial charge in [0.2, 0.25) is 0 Å². The molecule has 0 amide bonds. The maximum absolute atomic E-state index is 9.44. The normalized spacial score (nSPS) is 34.1. The summed E-state index contributed by atoms with van der Waals surface area (Å²) in [5.74, 6) is 0. The Labute approximate surface area is 91.1 Å². The predicted molar refractivity (Wildman–Crippen MR) is 61.7 cm³/mol. The number of aliphatic hydroxyl groups excluding tert-OH is 1. The molecule has 15 heavy (non-hydrogen) atoms. The van der Waals surface area contributed by atoms with Gasteiger partial charge in [-0.05, 0) is 18.9 Å². The van der Waals surface area contributed by atoms with Gasteiger partial charge in [0.15, 0.2) is 0 Å². The van der Waals surface area contributed by atoms with Gasteiger partial charge < -0.3 is 10.8 Å². The van der Waals surface area contributed by atoms with Crippen molar-refractivity contribution in [1.29, 1.82) is 0 Å². The van der Waals surface area contributed by atoms with Gasteiger partial charge in [0.05, 0.1) is 6.61 Å². The zero-order chi connectivity index (χ0) is 11.1. The second kappa shape index (κ2) is 3.32. The molecule has 2 nitrogen and oxygen atoms in total. The zero-order valence-electron chi connectivity index (χ0n) is 9.46. The van der Waals surface area contributed by atoms with Gasteiger partial charge in [0, 0.05) is 17.4 Å². The second-order valence-electron chi connectivity index (χ2n) is 5.02. The van der Waals surface area contributed by atoms with Crippen LogP contribution in [0.4, 0.5) is 0 Å². The highest BCUT2D eigenvalue weighted by Gasteiger charge is 2.63. The molecule has 1 aromatic rings. The van der Waals surface area contributed by atoms with Gasteiger partial charge in [-0.25, -0.2) is 0 Å². The highest BCUT2D eigenvalue weighted by molar-refractivity contribution is 5.39. The molecule has 2 atom stereocenters. The van der Waals surface area contributed by atoms with Gasteiger partial charge in [0.25, 0.3) is 0 Å². The number of nitrogens with two attached hydrogens (primary N) is 1. The Hall–Kier alpha value is -0.860. The van der Waals surface area contributed by atoms with E-state index in [1.54, 1.807) is 0 Å². The predicted octanol–water partition coefficient (Wildman–Crippen LogP) is 1.59. The summed E-state index contributed by atoms with van der Waals surface area (Å²) in [5.41, 5.74) is 8.34. The Bertz CT molecular complexity index is 371. The van der Waals surface area contributed by atoms with Crippen LogP contribution in [0.25, 0.3) is 0 Å². The standard InChI is InChI=1S/C13H19NO/c1-10-4-3-5-11(6-10)12(2)7-13(12,8-14)9-15/h3-6,15H,7-9,14H2,1-2H3. The van der Waals surface area contributed by atoms with Crippen molar-refractivity contribution in [1.82, 2.24) is 0 Å². The van der Waals surface area contributed by atoms with Crippen molar-refractivity contribution >= 4 is 0 Å². The minimum atomic E-state index is -0.0825. The first-order valence-corrected chi connectivity index (χ1v) is 5.46. The van der Waals surface area contributed by atoms with Crippen molar-refractivity contribution in [3.8, 4) is 0 Å². The van der Waals surface area contributed by atoms with E-state index in [1.165, 1.54) is 11.1 Å². The van der Waals surface area contributed by atoms with Gasteiger partial charge in [-0.1, -0.05) is 36.8 Å². The highest BCUT2D eigenvalue weighted by Crippen LogP contribution is 2.63. The number of aryl methyl sites for hydroxylation is 1. The van der Waals surface area contributed by atoms with Gasteiger partial charge in [0.1, 0.15) is 0 Å². The van der Waals surface area contributed by atoms with Crippen LogP contribution in [0.1, 0.15) is 24.5 Å². The maximum atomic E-state index is 9.44. The quantitative estimate of drug-likeness (QED) is 0.787. The van der Waals surface area contributed by atoms with Crippen molar-refractivity contribution in [2.45, 2.75) is 25.7 Å². The number of rotatable bonds is 3. The lowest BCUT2D eigenvalue weighted by atomic mass is 9.87. The summed E-state index contributed by atoms with van der Waals surface area (Å²) < 4.78 is 0. The second-order valence-corrected chi connectivity index (χ2v) is 5.02. The first-order chi connectivity index (χ1) is 7.08. The molecule has 0 heterocycles. The molecule has 0 saturated heterocycles. The summed E-state index contributed by atoms with van der Waals surface area (Å²) >= 11 is 0. The van der Waals surface area contributed by atoms with E-state index < -0.39 is 0 Å². The summed E-state index contributed by atoms with van der Waals surface area (Å²) in [6.07, 6.45) is 0.996. The van der Waals surface area contributed by atoms with Crippen LogP contribution in [0, 0.1) is 12.3 Å². The minimum Gasteiger partial charge on any atom is -0.396 e. The van der Waals surface area contributed by atoms with Crippen LogP contribution in [0.15, 0.2) is 24.3 Å². The Balaban J connectivity index is 2.34. The molecule has 1 saturated carbocycles. The van der Waals surface area contributed by atoms with Crippen molar-refractivity contribution in [3.63, 3.8) is 0 Å². The van der Waals surface area contributed by atoms with Gasteiger partial charge in [-0.3, -0.25) is 0 Å². The first-order valence-electron chi connectivity index (χ1n) is 5.46. The van der Waals surface area contributed by atoms with Crippen LogP contribution >= 0.6 is 0 Å². The van der Waals surface area contributed by atoms with Crippen LogP contribution < -0.4 is 5.73 Å². The molecular weight excluding hydrogens is 186 g/mol. The van der Waals surface area contributed by atoms with Crippen LogP contribution in [0.3, 0.4) is 0 Å². The molecule has 2 rings (SSSR count). The topological polar surface area (TPSA) is 46.2 Å². The molecule has 1 fully saturated rings. The minimum absolute atomic E-state index is 0.0719. The van der Waals surface area contributed by atoms with E-state index in [4.69, 9.17) is 5.73 Å². The third-order valence-corrected chi connectivity index (χ3v) is 4.09. The fourth-order valence-electron chi connectivity index (χ4n) is 2.62. The highest BCUT2D eigenvalue weighted by atomic mass is 16.3. The lowest BCUT2D eigenvalue weighted by Crippen LogP contribution is -2.27. The van der Waals surface area contributed by atoms with E-state index in [9.17, 15) is 5.11 Å². The van der Waals surface area contributed by atoms with Crippen LogP contribution in [-0.2, 0) is 5.41 Å². The Morgan fingerprint density at radius 3 is 2.67 bits per heavy atom. The smallest absolute Gasteiger partial charge is 0.0508 e. The molecule has 3 N–H and O–H groups in total. The van der Waals surface area contributed by atoms with Crippen molar-refractivity contribution < 1.29 is 5.11 Å². The van der Waals surface area contributed by atoms with Crippen LogP contribution in [0.5, 0.6) is 0 Å². The number of aliphatic hydroxyl groups is 1. The average molecular weight is 205 g/mol. The molecule has 1 aromatic carbocycles. The molecule has 2 heteroatoms. The molecule has 0 aromatic heterocycles. The summed E-state index contributed by atoms with van der Waals surface area (Å²) in [6, 6.07) is 8.51.